The minimum atomic E-state index is 0.0200. The van der Waals surface area contributed by atoms with Crippen molar-refractivity contribution in [3.8, 4) is 0 Å². The summed E-state index contributed by atoms with van der Waals surface area (Å²) in [6.45, 7) is 6.12. The van der Waals surface area contributed by atoms with Crippen molar-refractivity contribution in [3.63, 3.8) is 0 Å². The first-order valence-corrected chi connectivity index (χ1v) is 6.84. The molecule has 2 N–H and O–H groups in total. The molecule has 3 heteroatoms. The summed E-state index contributed by atoms with van der Waals surface area (Å²) >= 11 is 1.50. The van der Waals surface area contributed by atoms with E-state index >= 15 is 0 Å². The zero-order valence-electron chi connectivity index (χ0n) is 10.9. The summed E-state index contributed by atoms with van der Waals surface area (Å²) in [5.74, 6) is 0.0200. The second kappa shape index (κ2) is 4.94. The van der Waals surface area contributed by atoms with Gasteiger partial charge in [-0.3, -0.25) is 4.79 Å². The minimum absolute atomic E-state index is 0.0200. The lowest BCUT2D eigenvalue weighted by molar-refractivity contribution is 0.104. The topological polar surface area (TPSA) is 43.1 Å². The number of thiophene rings is 1. The summed E-state index contributed by atoms with van der Waals surface area (Å²) in [7, 11) is 0. The van der Waals surface area contributed by atoms with Gasteiger partial charge < -0.3 is 5.73 Å². The summed E-state index contributed by atoms with van der Waals surface area (Å²) in [5, 5.41) is 0.620. The molecule has 1 aromatic heterocycles. The molecule has 0 aliphatic heterocycles. The van der Waals surface area contributed by atoms with Gasteiger partial charge in [-0.25, -0.2) is 0 Å². The molecule has 0 unspecified atom stereocenters. The molecule has 94 valence electrons. The predicted octanol–water partition coefficient (Wildman–Crippen LogP) is 3.74. The van der Waals surface area contributed by atoms with Crippen molar-refractivity contribution in [2.24, 2.45) is 0 Å². The summed E-state index contributed by atoms with van der Waals surface area (Å²) in [6, 6.07) is 7.69. The molecule has 0 radical (unpaired) electrons. The molecule has 0 saturated carbocycles. The fourth-order valence-corrected chi connectivity index (χ4v) is 2.71. The molecule has 0 fully saturated rings. The third-order valence-corrected chi connectivity index (χ3v) is 4.28. The average Bonchev–Trinajstić information content (AvgIpc) is 2.73. The molecule has 1 aromatic carbocycles. The predicted molar refractivity (Wildman–Crippen MR) is 77.5 cm³/mol. The van der Waals surface area contributed by atoms with Crippen LogP contribution in [0.2, 0.25) is 0 Å². The molecule has 2 rings (SSSR count). The zero-order chi connectivity index (χ0) is 13.3. The lowest BCUT2D eigenvalue weighted by Gasteiger charge is -2.04. The first-order valence-electron chi connectivity index (χ1n) is 6.03. The highest BCUT2D eigenvalue weighted by atomic mass is 32.1. The van der Waals surface area contributed by atoms with E-state index in [2.05, 4.69) is 6.92 Å². The fourth-order valence-electron chi connectivity index (χ4n) is 1.85. The normalized spacial score (nSPS) is 10.6. The number of hydrogen-bond donors (Lipinski definition) is 1. The van der Waals surface area contributed by atoms with Gasteiger partial charge in [0.25, 0.3) is 0 Å². The van der Waals surface area contributed by atoms with Gasteiger partial charge in [-0.2, -0.15) is 0 Å². The van der Waals surface area contributed by atoms with Crippen molar-refractivity contribution in [1.29, 1.82) is 0 Å². The Balaban J connectivity index is 2.41. The Morgan fingerprint density at radius 3 is 2.50 bits per heavy atom. The summed E-state index contributed by atoms with van der Waals surface area (Å²) in [4.78, 5) is 13.5. The molecule has 0 spiro atoms. The van der Waals surface area contributed by atoms with E-state index in [9.17, 15) is 4.79 Å². The molecule has 0 bridgehead atoms. The van der Waals surface area contributed by atoms with Crippen LogP contribution in [-0.2, 0) is 6.42 Å². The molecule has 2 nitrogen and oxygen atoms in total. The molecular weight excluding hydrogens is 242 g/mol. The molecule has 2 aromatic rings. The molecule has 18 heavy (non-hydrogen) atoms. The molecule has 0 atom stereocenters. The van der Waals surface area contributed by atoms with Crippen molar-refractivity contribution in [2.75, 3.05) is 5.73 Å². The lowest BCUT2D eigenvalue weighted by Crippen LogP contribution is -2.03. The Kier molecular flexibility index (Phi) is 3.53. The Hall–Kier alpha value is -1.61. The standard InChI is InChI=1S/C15H17NOS/c1-4-12-8-13(15(16)18-12)14(17)11-6-5-9(2)10(3)7-11/h5-8H,4,16H2,1-3H3. The number of nitrogen functional groups attached to an aromatic ring is 1. The summed E-state index contributed by atoms with van der Waals surface area (Å²) < 4.78 is 0. The maximum atomic E-state index is 12.4. The molecule has 0 aliphatic rings. The van der Waals surface area contributed by atoms with Gasteiger partial charge in [0, 0.05) is 10.4 Å². The van der Waals surface area contributed by atoms with Crippen molar-refractivity contribution in [2.45, 2.75) is 27.2 Å². The van der Waals surface area contributed by atoms with Crippen LogP contribution < -0.4 is 5.73 Å². The second-order valence-corrected chi connectivity index (χ2v) is 5.64. The SMILES string of the molecule is CCc1cc(C(=O)c2ccc(C)c(C)c2)c(N)s1. The maximum Gasteiger partial charge on any atom is 0.195 e. The van der Waals surface area contributed by atoms with Gasteiger partial charge in [0.2, 0.25) is 0 Å². The molecule has 0 aliphatic carbocycles. The molecular formula is C15H17NOS. The van der Waals surface area contributed by atoms with Crippen LogP contribution in [0.25, 0.3) is 0 Å². The number of nitrogens with two attached hydrogens (primary N) is 1. The van der Waals surface area contributed by atoms with Crippen LogP contribution in [0, 0.1) is 13.8 Å². The van der Waals surface area contributed by atoms with Gasteiger partial charge >= 0.3 is 0 Å². The fraction of sp³-hybridized carbons (Fsp3) is 0.267. The van der Waals surface area contributed by atoms with E-state index in [1.807, 2.05) is 38.1 Å². The van der Waals surface area contributed by atoms with Crippen LogP contribution in [0.3, 0.4) is 0 Å². The number of rotatable bonds is 3. The smallest absolute Gasteiger partial charge is 0.195 e. The molecule has 0 amide bonds. The first kappa shape index (κ1) is 12.8. The van der Waals surface area contributed by atoms with Gasteiger partial charge in [-0.1, -0.05) is 19.1 Å². The van der Waals surface area contributed by atoms with Gasteiger partial charge in [0.15, 0.2) is 5.78 Å². The van der Waals surface area contributed by atoms with Crippen molar-refractivity contribution < 1.29 is 4.79 Å². The summed E-state index contributed by atoms with van der Waals surface area (Å²) in [6.07, 6.45) is 0.912. The lowest BCUT2D eigenvalue weighted by atomic mass is 10.0. The highest BCUT2D eigenvalue weighted by Crippen LogP contribution is 2.28. The second-order valence-electron chi connectivity index (χ2n) is 4.47. The number of anilines is 1. The van der Waals surface area contributed by atoms with E-state index in [-0.39, 0.29) is 5.78 Å². The average molecular weight is 259 g/mol. The third-order valence-electron chi connectivity index (χ3n) is 3.17. The molecule has 0 saturated heterocycles. The minimum Gasteiger partial charge on any atom is -0.390 e. The Bertz CT molecular complexity index is 599. The number of aryl methyl sites for hydroxylation is 3. The first-order chi connectivity index (χ1) is 8.52. The van der Waals surface area contributed by atoms with Gasteiger partial charge in [0.1, 0.15) is 0 Å². The van der Waals surface area contributed by atoms with E-state index in [0.717, 1.165) is 16.9 Å². The monoisotopic (exact) mass is 259 g/mol. The zero-order valence-corrected chi connectivity index (χ0v) is 11.7. The Morgan fingerprint density at radius 1 is 1.22 bits per heavy atom. The van der Waals surface area contributed by atoms with E-state index < -0.39 is 0 Å². The number of ketones is 1. The molecule has 1 heterocycles. The quantitative estimate of drug-likeness (QED) is 0.853. The van der Waals surface area contributed by atoms with Crippen LogP contribution in [0.5, 0.6) is 0 Å². The largest absolute Gasteiger partial charge is 0.390 e. The number of carbonyl (C=O) groups excluding carboxylic acids is 1. The van der Waals surface area contributed by atoms with Crippen LogP contribution in [0.1, 0.15) is 38.8 Å². The third kappa shape index (κ3) is 2.31. The van der Waals surface area contributed by atoms with Gasteiger partial charge in [-0.15, -0.1) is 11.3 Å². The van der Waals surface area contributed by atoms with E-state index in [1.165, 1.54) is 16.9 Å². The van der Waals surface area contributed by atoms with Gasteiger partial charge in [0.05, 0.1) is 10.6 Å². The van der Waals surface area contributed by atoms with Gasteiger partial charge in [-0.05, 0) is 43.5 Å². The van der Waals surface area contributed by atoms with E-state index in [1.54, 1.807) is 0 Å². The Morgan fingerprint density at radius 2 is 1.94 bits per heavy atom. The number of hydrogen-bond acceptors (Lipinski definition) is 3. The van der Waals surface area contributed by atoms with Crippen molar-refractivity contribution in [1.82, 2.24) is 0 Å². The maximum absolute atomic E-state index is 12.4. The highest BCUT2D eigenvalue weighted by Gasteiger charge is 2.15. The van der Waals surface area contributed by atoms with Crippen LogP contribution in [0.15, 0.2) is 24.3 Å². The van der Waals surface area contributed by atoms with E-state index in [0.29, 0.717) is 16.1 Å². The highest BCUT2D eigenvalue weighted by molar-refractivity contribution is 7.16. The van der Waals surface area contributed by atoms with Crippen molar-refractivity contribution >= 4 is 22.1 Å². The number of benzene rings is 1. The number of carbonyl (C=O) groups is 1. The Labute approximate surface area is 111 Å². The van der Waals surface area contributed by atoms with Crippen LogP contribution in [-0.4, -0.2) is 5.78 Å². The summed E-state index contributed by atoms with van der Waals surface area (Å²) in [5.41, 5.74) is 9.60. The van der Waals surface area contributed by atoms with Crippen LogP contribution >= 0.6 is 11.3 Å². The van der Waals surface area contributed by atoms with Crippen LogP contribution in [0.4, 0.5) is 5.00 Å². The van der Waals surface area contributed by atoms with E-state index in [4.69, 9.17) is 5.73 Å². The van der Waals surface area contributed by atoms with Crippen molar-refractivity contribution in [3.05, 3.63) is 51.4 Å².